The molecule has 0 spiro atoms. The van der Waals surface area contributed by atoms with Crippen molar-refractivity contribution in [3.63, 3.8) is 0 Å². The zero-order chi connectivity index (χ0) is 12.4. The minimum atomic E-state index is -0.191. The topological polar surface area (TPSA) is 90.1 Å². The third kappa shape index (κ3) is 2.35. The van der Waals surface area contributed by atoms with E-state index in [4.69, 9.17) is 23.1 Å². The number of anilines is 2. The van der Waals surface area contributed by atoms with E-state index in [1.54, 1.807) is 16.8 Å². The second kappa shape index (κ2) is 4.65. The number of nitrogens with two attached hydrogens (primary N) is 2. The maximum Gasteiger partial charge on any atom is 0.169 e. The van der Waals surface area contributed by atoms with Gasteiger partial charge >= 0.3 is 0 Å². The first-order valence-corrected chi connectivity index (χ1v) is 5.45. The van der Waals surface area contributed by atoms with Gasteiger partial charge in [0.1, 0.15) is 0 Å². The monoisotopic (exact) mass is 252 g/mol. The summed E-state index contributed by atoms with van der Waals surface area (Å²) in [5, 5.41) is 14.0. The highest BCUT2D eigenvalue weighted by Gasteiger charge is 2.12. The van der Waals surface area contributed by atoms with Crippen molar-refractivity contribution in [3.8, 4) is 0 Å². The smallest absolute Gasteiger partial charge is 0.169 e. The van der Waals surface area contributed by atoms with Crippen molar-refractivity contribution >= 4 is 23.1 Å². The standard InChI is InChI=1S/C11H13ClN4O/c12-8-3-1-7(2-4-8)5-16-9(6-17)10(13)11(14)15-16/h1-4,17H,5-6,13H2,(H2,14,15). The van der Waals surface area contributed by atoms with Crippen LogP contribution in [0.1, 0.15) is 11.3 Å². The van der Waals surface area contributed by atoms with Gasteiger partial charge in [0.25, 0.3) is 0 Å². The van der Waals surface area contributed by atoms with Gasteiger partial charge in [-0.2, -0.15) is 5.10 Å². The van der Waals surface area contributed by atoms with Crippen LogP contribution in [0.2, 0.25) is 5.02 Å². The van der Waals surface area contributed by atoms with Gasteiger partial charge in [0.2, 0.25) is 0 Å². The van der Waals surface area contributed by atoms with Gasteiger partial charge in [0.05, 0.1) is 24.5 Å². The van der Waals surface area contributed by atoms with Crippen LogP contribution in [0.3, 0.4) is 0 Å². The molecule has 2 rings (SSSR count). The van der Waals surface area contributed by atoms with E-state index in [1.807, 2.05) is 12.1 Å². The molecule has 0 atom stereocenters. The maximum atomic E-state index is 9.22. The van der Waals surface area contributed by atoms with Gasteiger partial charge in [-0.15, -0.1) is 0 Å². The number of aliphatic hydroxyl groups excluding tert-OH is 1. The number of aliphatic hydroxyl groups is 1. The molecule has 90 valence electrons. The van der Waals surface area contributed by atoms with E-state index in [1.165, 1.54) is 0 Å². The molecule has 1 aromatic heterocycles. The Labute approximate surface area is 104 Å². The van der Waals surface area contributed by atoms with Crippen molar-refractivity contribution in [1.29, 1.82) is 0 Å². The van der Waals surface area contributed by atoms with Crippen LogP contribution >= 0.6 is 11.6 Å². The van der Waals surface area contributed by atoms with Crippen molar-refractivity contribution in [2.45, 2.75) is 13.2 Å². The molecule has 0 saturated carbocycles. The molecule has 0 fully saturated rings. The molecule has 0 saturated heterocycles. The van der Waals surface area contributed by atoms with Crippen LogP contribution in [-0.2, 0) is 13.2 Å². The van der Waals surface area contributed by atoms with Crippen molar-refractivity contribution < 1.29 is 5.11 Å². The largest absolute Gasteiger partial charge is 0.394 e. The number of halogens is 1. The number of benzene rings is 1. The number of nitrogens with zero attached hydrogens (tertiary/aromatic N) is 2. The second-order valence-corrected chi connectivity index (χ2v) is 4.12. The van der Waals surface area contributed by atoms with Crippen molar-refractivity contribution in [1.82, 2.24) is 9.78 Å². The fourth-order valence-corrected chi connectivity index (χ4v) is 1.72. The van der Waals surface area contributed by atoms with Gasteiger partial charge in [-0.3, -0.25) is 4.68 Å². The molecule has 2 aromatic rings. The van der Waals surface area contributed by atoms with Crippen LogP contribution in [0, 0.1) is 0 Å². The minimum absolute atomic E-state index is 0.191. The van der Waals surface area contributed by atoms with Gasteiger partial charge in [-0.1, -0.05) is 23.7 Å². The quantitative estimate of drug-likeness (QED) is 0.767. The highest BCUT2D eigenvalue weighted by atomic mass is 35.5. The van der Waals surface area contributed by atoms with Gasteiger partial charge < -0.3 is 16.6 Å². The number of aromatic nitrogens is 2. The van der Waals surface area contributed by atoms with Crippen LogP contribution in [-0.4, -0.2) is 14.9 Å². The molecule has 0 aliphatic heterocycles. The first-order chi connectivity index (χ1) is 8.11. The first kappa shape index (κ1) is 11.8. The minimum Gasteiger partial charge on any atom is -0.394 e. The van der Waals surface area contributed by atoms with Crippen molar-refractivity contribution in [3.05, 3.63) is 40.5 Å². The molecular formula is C11H13ClN4O. The van der Waals surface area contributed by atoms with E-state index < -0.39 is 0 Å². The lowest BCUT2D eigenvalue weighted by atomic mass is 10.2. The second-order valence-electron chi connectivity index (χ2n) is 3.69. The third-order valence-electron chi connectivity index (χ3n) is 2.52. The predicted molar refractivity (Wildman–Crippen MR) is 67.5 cm³/mol. The van der Waals surface area contributed by atoms with E-state index >= 15 is 0 Å². The lowest BCUT2D eigenvalue weighted by molar-refractivity contribution is 0.270. The van der Waals surface area contributed by atoms with Crippen molar-refractivity contribution in [2.24, 2.45) is 0 Å². The van der Waals surface area contributed by atoms with Crippen LogP contribution in [0.4, 0.5) is 11.5 Å². The Kier molecular flexibility index (Phi) is 3.21. The summed E-state index contributed by atoms with van der Waals surface area (Å²) in [6.07, 6.45) is 0. The Balaban J connectivity index is 2.29. The molecule has 0 aliphatic rings. The highest BCUT2D eigenvalue weighted by molar-refractivity contribution is 6.30. The summed E-state index contributed by atoms with van der Waals surface area (Å²) in [5.41, 5.74) is 13.2. The van der Waals surface area contributed by atoms with E-state index in [-0.39, 0.29) is 12.4 Å². The molecule has 5 nitrogen and oxygen atoms in total. The van der Waals surface area contributed by atoms with Gasteiger partial charge in [-0.25, -0.2) is 0 Å². The molecule has 1 aromatic carbocycles. The molecule has 5 N–H and O–H groups in total. The Morgan fingerprint density at radius 3 is 2.47 bits per heavy atom. The summed E-state index contributed by atoms with van der Waals surface area (Å²) in [6.45, 7) is 0.304. The molecule has 6 heteroatoms. The number of rotatable bonds is 3. The summed E-state index contributed by atoms with van der Waals surface area (Å²) >= 11 is 5.80. The summed E-state index contributed by atoms with van der Waals surface area (Å²) < 4.78 is 1.59. The zero-order valence-corrected chi connectivity index (χ0v) is 9.85. The Morgan fingerprint density at radius 2 is 1.88 bits per heavy atom. The molecule has 1 heterocycles. The van der Waals surface area contributed by atoms with E-state index in [0.29, 0.717) is 22.9 Å². The third-order valence-corrected chi connectivity index (χ3v) is 2.77. The normalized spacial score (nSPS) is 10.7. The Bertz CT molecular complexity index is 521. The predicted octanol–water partition coefficient (Wildman–Crippen LogP) is 1.24. The number of hydrogen-bond donors (Lipinski definition) is 3. The lowest BCUT2D eigenvalue weighted by Crippen LogP contribution is -2.07. The number of hydrogen-bond acceptors (Lipinski definition) is 4. The highest BCUT2D eigenvalue weighted by Crippen LogP contribution is 2.20. The molecule has 0 aliphatic carbocycles. The summed E-state index contributed by atoms with van der Waals surface area (Å²) in [6, 6.07) is 7.37. The van der Waals surface area contributed by atoms with E-state index in [9.17, 15) is 5.11 Å². The number of nitrogen functional groups attached to an aromatic ring is 2. The van der Waals surface area contributed by atoms with Gasteiger partial charge in [0, 0.05) is 5.02 Å². The summed E-state index contributed by atoms with van der Waals surface area (Å²) in [4.78, 5) is 0. The lowest BCUT2D eigenvalue weighted by Gasteiger charge is -2.06. The molecule has 0 radical (unpaired) electrons. The van der Waals surface area contributed by atoms with Gasteiger partial charge in [0.15, 0.2) is 5.82 Å². The molecular weight excluding hydrogens is 240 g/mol. The van der Waals surface area contributed by atoms with Crippen LogP contribution in [0.15, 0.2) is 24.3 Å². The maximum absolute atomic E-state index is 9.22. The van der Waals surface area contributed by atoms with Crippen molar-refractivity contribution in [2.75, 3.05) is 11.5 Å². The zero-order valence-electron chi connectivity index (χ0n) is 9.10. The molecule has 0 unspecified atom stereocenters. The molecule has 0 bridgehead atoms. The summed E-state index contributed by atoms with van der Waals surface area (Å²) in [5.74, 6) is 0.239. The SMILES string of the molecule is Nc1nn(Cc2ccc(Cl)cc2)c(CO)c1N. The molecule has 0 amide bonds. The van der Waals surface area contributed by atoms with E-state index in [0.717, 1.165) is 5.56 Å². The Morgan fingerprint density at radius 1 is 1.24 bits per heavy atom. The molecule has 17 heavy (non-hydrogen) atoms. The average molecular weight is 253 g/mol. The summed E-state index contributed by atoms with van der Waals surface area (Å²) in [7, 11) is 0. The average Bonchev–Trinajstić information content (AvgIpc) is 2.58. The van der Waals surface area contributed by atoms with Crippen LogP contribution in [0.25, 0.3) is 0 Å². The first-order valence-electron chi connectivity index (χ1n) is 5.07. The van der Waals surface area contributed by atoms with Crippen LogP contribution in [0.5, 0.6) is 0 Å². The fourth-order valence-electron chi connectivity index (χ4n) is 1.59. The van der Waals surface area contributed by atoms with E-state index in [2.05, 4.69) is 5.10 Å². The fraction of sp³-hybridized carbons (Fsp3) is 0.182. The Hall–Kier alpha value is -1.72. The van der Waals surface area contributed by atoms with Gasteiger partial charge in [-0.05, 0) is 17.7 Å². The van der Waals surface area contributed by atoms with Crippen LogP contribution < -0.4 is 11.5 Å².